The number of carbonyl (C=O) groups is 1. The Bertz CT molecular complexity index is 405. The van der Waals surface area contributed by atoms with Gasteiger partial charge in [0.25, 0.3) is 5.91 Å². The minimum absolute atomic E-state index is 0.00538. The molecule has 1 N–H and O–H groups in total. The highest BCUT2D eigenvalue weighted by Crippen LogP contribution is 2.21. The highest BCUT2D eigenvalue weighted by molar-refractivity contribution is 9.11. The fourth-order valence-corrected chi connectivity index (χ4v) is 3.21. The van der Waals surface area contributed by atoms with Crippen LogP contribution in [-0.4, -0.2) is 49.7 Å². The third-order valence-corrected chi connectivity index (χ3v) is 4.65. The second kappa shape index (κ2) is 6.65. The molecular weight excluding hydrogens is 316 g/mol. The van der Waals surface area contributed by atoms with E-state index in [0.717, 1.165) is 35.0 Å². The quantitative estimate of drug-likeness (QED) is 0.916. The van der Waals surface area contributed by atoms with E-state index in [9.17, 15) is 4.79 Å². The molecule has 1 amide bonds. The first-order chi connectivity index (χ1) is 8.66. The molecule has 0 spiro atoms. The zero-order valence-corrected chi connectivity index (χ0v) is 12.7. The summed E-state index contributed by atoms with van der Waals surface area (Å²) in [5, 5.41) is 2.98. The highest BCUT2D eigenvalue weighted by atomic mass is 79.9. The molecule has 1 aliphatic heterocycles. The summed E-state index contributed by atoms with van der Waals surface area (Å²) in [7, 11) is 0. The molecule has 1 aliphatic rings. The highest BCUT2D eigenvalue weighted by Gasteiger charge is 2.18. The summed E-state index contributed by atoms with van der Waals surface area (Å²) in [4.78, 5) is 15.0. The number of morpholine rings is 1. The van der Waals surface area contributed by atoms with Gasteiger partial charge in [-0.3, -0.25) is 9.69 Å². The van der Waals surface area contributed by atoms with Gasteiger partial charge in [-0.25, -0.2) is 0 Å². The molecule has 0 aromatic carbocycles. The lowest BCUT2D eigenvalue weighted by Gasteiger charge is -2.32. The molecule has 1 fully saturated rings. The number of hydrogen-bond acceptors (Lipinski definition) is 4. The van der Waals surface area contributed by atoms with Crippen LogP contribution in [0.3, 0.4) is 0 Å². The van der Waals surface area contributed by atoms with Crippen molar-refractivity contribution in [1.82, 2.24) is 10.2 Å². The predicted octanol–water partition coefficient (Wildman–Crippen LogP) is 1.96. The largest absolute Gasteiger partial charge is 0.379 e. The van der Waals surface area contributed by atoms with Crippen molar-refractivity contribution in [2.24, 2.45) is 0 Å². The van der Waals surface area contributed by atoms with E-state index in [0.29, 0.717) is 12.6 Å². The Hall–Kier alpha value is -0.430. The monoisotopic (exact) mass is 332 g/mol. The summed E-state index contributed by atoms with van der Waals surface area (Å²) >= 11 is 4.81. The maximum atomic E-state index is 11.9. The molecule has 0 aliphatic carbocycles. The van der Waals surface area contributed by atoms with Crippen LogP contribution >= 0.6 is 27.3 Å². The van der Waals surface area contributed by atoms with Crippen molar-refractivity contribution in [3.8, 4) is 0 Å². The average molecular weight is 333 g/mol. The average Bonchev–Trinajstić information content (AvgIpc) is 2.83. The Kier molecular flexibility index (Phi) is 5.17. The molecule has 100 valence electrons. The zero-order chi connectivity index (χ0) is 13.0. The summed E-state index contributed by atoms with van der Waals surface area (Å²) in [6.45, 7) is 6.28. The van der Waals surface area contributed by atoms with Crippen LogP contribution in [0.4, 0.5) is 0 Å². The van der Waals surface area contributed by atoms with Crippen LogP contribution in [0.15, 0.2) is 15.9 Å². The lowest BCUT2D eigenvalue weighted by atomic mass is 10.2. The van der Waals surface area contributed by atoms with Crippen molar-refractivity contribution in [3.05, 3.63) is 20.8 Å². The second-order valence-corrected chi connectivity index (χ2v) is 6.77. The Morgan fingerprint density at radius 1 is 1.56 bits per heavy atom. The molecule has 4 nitrogen and oxygen atoms in total. The fraction of sp³-hybridized carbons (Fsp3) is 0.583. The summed E-state index contributed by atoms with van der Waals surface area (Å²) in [5.74, 6) is 0.00538. The van der Waals surface area contributed by atoms with E-state index in [4.69, 9.17) is 4.74 Å². The zero-order valence-electron chi connectivity index (χ0n) is 10.3. The van der Waals surface area contributed by atoms with E-state index < -0.39 is 0 Å². The molecule has 1 atom stereocenters. The minimum Gasteiger partial charge on any atom is -0.379 e. The van der Waals surface area contributed by atoms with Crippen LogP contribution in [0.5, 0.6) is 0 Å². The molecule has 0 radical (unpaired) electrons. The van der Waals surface area contributed by atoms with Crippen molar-refractivity contribution in [2.75, 3.05) is 32.8 Å². The van der Waals surface area contributed by atoms with Gasteiger partial charge in [0, 0.05) is 25.7 Å². The van der Waals surface area contributed by atoms with Gasteiger partial charge >= 0.3 is 0 Å². The van der Waals surface area contributed by atoms with Crippen LogP contribution < -0.4 is 5.32 Å². The van der Waals surface area contributed by atoms with Crippen molar-refractivity contribution in [2.45, 2.75) is 13.0 Å². The number of nitrogens with zero attached hydrogens (tertiary/aromatic N) is 1. The Balaban J connectivity index is 1.78. The molecule has 2 rings (SSSR count). The third kappa shape index (κ3) is 3.78. The molecule has 2 heterocycles. The summed E-state index contributed by atoms with van der Waals surface area (Å²) in [6, 6.07) is 4.08. The van der Waals surface area contributed by atoms with Gasteiger partial charge in [-0.2, -0.15) is 0 Å². The SMILES string of the molecule is C[C@@H](CNC(=O)c1ccc(Br)s1)N1CCOCC1. The number of nitrogens with one attached hydrogen (secondary N) is 1. The first kappa shape index (κ1) is 14.0. The van der Waals surface area contributed by atoms with Gasteiger partial charge in [0.2, 0.25) is 0 Å². The molecule has 0 saturated carbocycles. The van der Waals surface area contributed by atoms with E-state index in [1.165, 1.54) is 11.3 Å². The number of rotatable bonds is 4. The molecule has 1 saturated heterocycles. The van der Waals surface area contributed by atoms with Gasteiger partial charge in [0.05, 0.1) is 21.9 Å². The lowest BCUT2D eigenvalue weighted by molar-refractivity contribution is 0.0204. The number of thiophene rings is 1. The third-order valence-electron chi connectivity index (χ3n) is 3.02. The molecule has 0 unspecified atom stereocenters. The molecule has 0 bridgehead atoms. The van der Waals surface area contributed by atoms with E-state index in [2.05, 4.69) is 33.1 Å². The Labute approximate surface area is 119 Å². The van der Waals surface area contributed by atoms with Crippen LogP contribution in [0.2, 0.25) is 0 Å². The lowest BCUT2D eigenvalue weighted by Crippen LogP contribution is -2.47. The molecule has 18 heavy (non-hydrogen) atoms. The second-order valence-electron chi connectivity index (χ2n) is 4.31. The molecule has 6 heteroatoms. The van der Waals surface area contributed by atoms with E-state index in [1.807, 2.05) is 12.1 Å². The van der Waals surface area contributed by atoms with Gasteiger partial charge in [-0.1, -0.05) is 0 Å². The molecular formula is C12H17BrN2O2S. The van der Waals surface area contributed by atoms with Crippen LogP contribution in [0.25, 0.3) is 0 Å². The van der Waals surface area contributed by atoms with Crippen LogP contribution in [-0.2, 0) is 4.74 Å². The Morgan fingerprint density at radius 3 is 2.89 bits per heavy atom. The summed E-state index contributed by atoms with van der Waals surface area (Å²) in [5.41, 5.74) is 0. The van der Waals surface area contributed by atoms with E-state index >= 15 is 0 Å². The maximum absolute atomic E-state index is 11.9. The van der Waals surface area contributed by atoms with Crippen molar-refractivity contribution in [1.29, 1.82) is 0 Å². The summed E-state index contributed by atoms with van der Waals surface area (Å²) < 4.78 is 6.30. The minimum atomic E-state index is 0.00538. The van der Waals surface area contributed by atoms with Crippen LogP contribution in [0.1, 0.15) is 16.6 Å². The van der Waals surface area contributed by atoms with Gasteiger partial charge in [-0.05, 0) is 35.0 Å². The Morgan fingerprint density at radius 2 is 2.28 bits per heavy atom. The number of amides is 1. The normalized spacial score (nSPS) is 18.6. The van der Waals surface area contributed by atoms with E-state index in [-0.39, 0.29) is 5.91 Å². The number of carbonyl (C=O) groups excluding carboxylic acids is 1. The van der Waals surface area contributed by atoms with Crippen LogP contribution in [0, 0.1) is 0 Å². The number of hydrogen-bond donors (Lipinski definition) is 1. The smallest absolute Gasteiger partial charge is 0.261 e. The predicted molar refractivity (Wildman–Crippen MR) is 76.2 cm³/mol. The van der Waals surface area contributed by atoms with Crippen molar-refractivity contribution >= 4 is 33.2 Å². The first-order valence-electron chi connectivity index (χ1n) is 6.02. The van der Waals surface area contributed by atoms with Gasteiger partial charge in [0.1, 0.15) is 0 Å². The van der Waals surface area contributed by atoms with Gasteiger partial charge < -0.3 is 10.1 Å². The number of ether oxygens (including phenoxy) is 1. The maximum Gasteiger partial charge on any atom is 0.261 e. The number of halogens is 1. The summed E-state index contributed by atoms with van der Waals surface area (Å²) in [6.07, 6.45) is 0. The topological polar surface area (TPSA) is 41.6 Å². The van der Waals surface area contributed by atoms with E-state index in [1.54, 1.807) is 0 Å². The molecule has 1 aromatic heterocycles. The fourth-order valence-electron chi connectivity index (χ4n) is 1.91. The molecule has 1 aromatic rings. The van der Waals surface area contributed by atoms with Gasteiger partial charge in [-0.15, -0.1) is 11.3 Å². The van der Waals surface area contributed by atoms with Crippen molar-refractivity contribution < 1.29 is 9.53 Å². The first-order valence-corrected chi connectivity index (χ1v) is 7.63. The standard InChI is InChI=1S/C12H17BrN2O2S/c1-9(15-4-6-17-7-5-15)8-14-12(16)10-2-3-11(13)18-10/h2-3,9H,4-8H2,1H3,(H,14,16)/t9-/m0/s1. The van der Waals surface area contributed by atoms with Gasteiger partial charge in [0.15, 0.2) is 0 Å². The van der Waals surface area contributed by atoms with Crippen molar-refractivity contribution in [3.63, 3.8) is 0 Å².